The summed E-state index contributed by atoms with van der Waals surface area (Å²) in [7, 11) is 0. The number of aryl methyl sites for hydroxylation is 1. The van der Waals surface area contributed by atoms with E-state index in [1.165, 1.54) is 0 Å². The molecule has 0 saturated heterocycles. The monoisotopic (exact) mass is 313 g/mol. The molecule has 1 atom stereocenters. The zero-order chi connectivity index (χ0) is 16.7. The molecular weight excluding hydrogens is 290 g/mol. The smallest absolute Gasteiger partial charge is 0.265 e. The van der Waals surface area contributed by atoms with Crippen molar-refractivity contribution in [2.45, 2.75) is 33.3 Å². The zero-order valence-corrected chi connectivity index (χ0v) is 13.8. The highest BCUT2D eigenvalue weighted by atomic mass is 16.5. The number of hydrogen-bond donors (Lipinski definition) is 1. The Bertz CT molecular complexity index is 655. The molecule has 0 heterocycles. The molecule has 0 bridgehead atoms. The second-order valence-electron chi connectivity index (χ2n) is 5.39. The van der Waals surface area contributed by atoms with Gasteiger partial charge in [0, 0.05) is 11.8 Å². The standard InChI is InChI=1S/C19H23NO3/c1-4-12-22-17-10-7-9-16(13-17)20-19(21)15(3)23-18-11-6-5-8-14(18)2/h5-11,13,15H,4,12H2,1-3H3,(H,20,21). The summed E-state index contributed by atoms with van der Waals surface area (Å²) in [4.78, 5) is 12.3. The fraction of sp³-hybridized carbons (Fsp3) is 0.316. The van der Waals surface area contributed by atoms with Crippen molar-refractivity contribution in [1.82, 2.24) is 0 Å². The van der Waals surface area contributed by atoms with E-state index in [2.05, 4.69) is 12.2 Å². The molecule has 1 unspecified atom stereocenters. The maximum absolute atomic E-state index is 12.3. The van der Waals surface area contributed by atoms with Gasteiger partial charge < -0.3 is 14.8 Å². The van der Waals surface area contributed by atoms with Crippen LogP contribution in [0.15, 0.2) is 48.5 Å². The van der Waals surface area contributed by atoms with Crippen molar-refractivity contribution in [3.8, 4) is 11.5 Å². The normalized spacial score (nSPS) is 11.6. The predicted molar refractivity (Wildman–Crippen MR) is 92.1 cm³/mol. The van der Waals surface area contributed by atoms with E-state index < -0.39 is 6.10 Å². The van der Waals surface area contributed by atoms with Gasteiger partial charge in [-0.3, -0.25) is 4.79 Å². The van der Waals surface area contributed by atoms with Crippen molar-refractivity contribution < 1.29 is 14.3 Å². The van der Waals surface area contributed by atoms with E-state index >= 15 is 0 Å². The minimum absolute atomic E-state index is 0.194. The van der Waals surface area contributed by atoms with Gasteiger partial charge in [-0.25, -0.2) is 0 Å². The molecule has 0 fully saturated rings. The number of rotatable bonds is 7. The van der Waals surface area contributed by atoms with Crippen LogP contribution in [0.2, 0.25) is 0 Å². The van der Waals surface area contributed by atoms with Crippen molar-refractivity contribution in [2.24, 2.45) is 0 Å². The van der Waals surface area contributed by atoms with Crippen molar-refractivity contribution in [3.63, 3.8) is 0 Å². The second-order valence-corrected chi connectivity index (χ2v) is 5.39. The minimum Gasteiger partial charge on any atom is -0.494 e. The number of amides is 1. The van der Waals surface area contributed by atoms with E-state index in [1.54, 1.807) is 6.92 Å². The fourth-order valence-electron chi connectivity index (χ4n) is 2.06. The van der Waals surface area contributed by atoms with Gasteiger partial charge in [0.05, 0.1) is 6.61 Å². The molecule has 23 heavy (non-hydrogen) atoms. The van der Waals surface area contributed by atoms with Gasteiger partial charge in [0.15, 0.2) is 6.10 Å². The molecule has 0 aliphatic rings. The summed E-state index contributed by atoms with van der Waals surface area (Å²) in [5, 5.41) is 2.85. The first kappa shape index (κ1) is 16.9. The van der Waals surface area contributed by atoms with E-state index in [9.17, 15) is 4.79 Å². The lowest BCUT2D eigenvalue weighted by atomic mass is 10.2. The molecule has 2 rings (SSSR count). The van der Waals surface area contributed by atoms with Gasteiger partial charge >= 0.3 is 0 Å². The quantitative estimate of drug-likeness (QED) is 0.833. The van der Waals surface area contributed by atoms with Crippen molar-refractivity contribution in [1.29, 1.82) is 0 Å². The van der Waals surface area contributed by atoms with Crippen LogP contribution in [-0.4, -0.2) is 18.6 Å². The Labute approximate surface area is 137 Å². The number of ether oxygens (including phenoxy) is 2. The maximum Gasteiger partial charge on any atom is 0.265 e. The molecule has 0 radical (unpaired) electrons. The van der Waals surface area contributed by atoms with Gasteiger partial charge in [0.2, 0.25) is 0 Å². The minimum atomic E-state index is -0.587. The van der Waals surface area contributed by atoms with E-state index in [4.69, 9.17) is 9.47 Å². The molecule has 2 aromatic rings. The summed E-state index contributed by atoms with van der Waals surface area (Å²) in [6.45, 7) is 6.40. The maximum atomic E-state index is 12.3. The molecule has 2 aromatic carbocycles. The van der Waals surface area contributed by atoms with E-state index in [-0.39, 0.29) is 5.91 Å². The van der Waals surface area contributed by atoms with Crippen LogP contribution in [0.1, 0.15) is 25.8 Å². The third kappa shape index (κ3) is 5.02. The molecule has 4 nitrogen and oxygen atoms in total. The number of hydrogen-bond acceptors (Lipinski definition) is 3. The third-order valence-electron chi connectivity index (χ3n) is 3.34. The van der Waals surface area contributed by atoms with Gasteiger partial charge in [-0.05, 0) is 44.0 Å². The topological polar surface area (TPSA) is 47.6 Å². The lowest BCUT2D eigenvalue weighted by molar-refractivity contribution is -0.122. The highest BCUT2D eigenvalue weighted by Crippen LogP contribution is 2.20. The van der Waals surface area contributed by atoms with E-state index in [0.29, 0.717) is 12.3 Å². The van der Waals surface area contributed by atoms with Crippen molar-refractivity contribution >= 4 is 11.6 Å². The second kappa shape index (κ2) is 8.22. The molecular formula is C19H23NO3. The van der Waals surface area contributed by atoms with Crippen LogP contribution in [0.4, 0.5) is 5.69 Å². The summed E-state index contributed by atoms with van der Waals surface area (Å²) in [5.74, 6) is 1.27. The first-order valence-corrected chi connectivity index (χ1v) is 7.86. The molecule has 4 heteroatoms. The van der Waals surface area contributed by atoms with Crippen LogP contribution in [0, 0.1) is 6.92 Å². The fourth-order valence-corrected chi connectivity index (χ4v) is 2.06. The first-order valence-electron chi connectivity index (χ1n) is 7.86. The van der Waals surface area contributed by atoms with Crippen LogP contribution in [0.5, 0.6) is 11.5 Å². The molecule has 0 saturated carbocycles. The van der Waals surface area contributed by atoms with Crippen LogP contribution >= 0.6 is 0 Å². The summed E-state index contributed by atoms with van der Waals surface area (Å²) in [6.07, 6.45) is 0.356. The highest BCUT2D eigenvalue weighted by molar-refractivity contribution is 5.94. The molecule has 0 aliphatic heterocycles. The highest BCUT2D eigenvalue weighted by Gasteiger charge is 2.15. The Kier molecular flexibility index (Phi) is 6.03. The first-order chi connectivity index (χ1) is 11.1. The van der Waals surface area contributed by atoms with Crippen LogP contribution in [0.25, 0.3) is 0 Å². The van der Waals surface area contributed by atoms with E-state index in [1.807, 2.05) is 55.5 Å². The lowest BCUT2D eigenvalue weighted by Gasteiger charge is -2.16. The Balaban J connectivity index is 1.97. The van der Waals surface area contributed by atoms with Crippen LogP contribution in [0.3, 0.4) is 0 Å². The van der Waals surface area contributed by atoms with Crippen LogP contribution < -0.4 is 14.8 Å². The van der Waals surface area contributed by atoms with Crippen molar-refractivity contribution in [2.75, 3.05) is 11.9 Å². The summed E-state index contributed by atoms with van der Waals surface area (Å²) >= 11 is 0. The Hall–Kier alpha value is -2.49. The lowest BCUT2D eigenvalue weighted by Crippen LogP contribution is -2.30. The SMILES string of the molecule is CCCOc1cccc(NC(=O)C(C)Oc2ccccc2C)c1. The molecule has 122 valence electrons. The van der Waals surface area contributed by atoms with Gasteiger partial charge in [0.25, 0.3) is 5.91 Å². The molecule has 0 aromatic heterocycles. The van der Waals surface area contributed by atoms with Gasteiger partial charge in [-0.2, -0.15) is 0 Å². The van der Waals surface area contributed by atoms with Gasteiger partial charge in [0.1, 0.15) is 11.5 Å². The molecule has 0 aliphatic carbocycles. The van der Waals surface area contributed by atoms with E-state index in [0.717, 1.165) is 23.5 Å². The number of nitrogens with one attached hydrogen (secondary N) is 1. The van der Waals surface area contributed by atoms with Gasteiger partial charge in [-0.15, -0.1) is 0 Å². The number of benzene rings is 2. The summed E-state index contributed by atoms with van der Waals surface area (Å²) < 4.78 is 11.3. The third-order valence-corrected chi connectivity index (χ3v) is 3.34. The molecule has 1 amide bonds. The Morgan fingerprint density at radius 3 is 2.70 bits per heavy atom. The average Bonchev–Trinajstić information content (AvgIpc) is 2.55. The number of carbonyl (C=O) groups excluding carboxylic acids is 1. The van der Waals surface area contributed by atoms with Crippen molar-refractivity contribution in [3.05, 3.63) is 54.1 Å². The van der Waals surface area contributed by atoms with Crippen LogP contribution in [-0.2, 0) is 4.79 Å². The Morgan fingerprint density at radius 2 is 1.96 bits per heavy atom. The number of para-hydroxylation sites is 1. The Morgan fingerprint density at radius 1 is 1.17 bits per heavy atom. The average molecular weight is 313 g/mol. The largest absolute Gasteiger partial charge is 0.494 e. The number of anilines is 1. The zero-order valence-electron chi connectivity index (χ0n) is 13.8. The number of carbonyl (C=O) groups is 1. The summed E-state index contributed by atoms with van der Waals surface area (Å²) in [6, 6.07) is 15.0. The summed E-state index contributed by atoms with van der Waals surface area (Å²) in [5.41, 5.74) is 1.70. The van der Waals surface area contributed by atoms with Gasteiger partial charge in [-0.1, -0.05) is 31.2 Å². The molecule has 1 N–H and O–H groups in total. The predicted octanol–water partition coefficient (Wildman–Crippen LogP) is 4.19. The molecule has 0 spiro atoms.